The summed E-state index contributed by atoms with van der Waals surface area (Å²) in [6.07, 6.45) is 0. The number of benzene rings is 1. The molecular weight excluding hydrogens is 252 g/mol. The van der Waals surface area contributed by atoms with Gasteiger partial charge in [-0.25, -0.2) is 0 Å². The van der Waals surface area contributed by atoms with Gasteiger partial charge in [-0.2, -0.15) is 4.98 Å². The monoisotopic (exact) mass is 268 g/mol. The molecular formula is C12H17ClN4O. The van der Waals surface area contributed by atoms with Gasteiger partial charge in [-0.05, 0) is 38.7 Å². The van der Waals surface area contributed by atoms with Gasteiger partial charge < -0.3 is 15.2 Å². The number of nitrogens with two attached hydrogens (primary N) is 1. The van der Waals surface area contributed by atoms with Crippen molar-refractivity contribution >= 4 is 18.1 Å². The van der Waals surface area contributed by atoms with Gasteiger partial charge in [0.1, 0.15) is 0 Å². The average molecular weight is 269 g/mol. The summed E-state index contributed by atoms with van der Waals surface area (Å²) in [5, 5.41) is 3.93. The van der Waals surface area contributed by atoms with Crippen LogP contribution in [0.1, 0.15) is 11.4 Å². The van der Waals surface area contributed by atoms with Gasteiger partial charge in [0.25, 0.3) is 5.89 Å². The number of aromatic nitrogens is 2. The minimum absolute atomic E-state index is 0. The zero-order valence-corrected chi connectivity index (χ0v) is 11.5. The molecule has 98 valence electrons. The Bertz CT molecular complexity index is 525. The van der Waals surface area contributed by atoms with Crippen molar-refractivity contribution in [2.45, 2.75) is 13.5 Å². The lowest BCUT2D eigenvalue weighted by Crippen LogP contribution is -2.11. The number of nitrogen functional groups attached to an aromatic ring is 1. The fraction of sp³-hybridized carbons (Fsp3) is 0.333. The lowest BCUT2D eigenvalue weighted by Gasteiger charge is -2.03. The quantitative estimate of drug-likeness (QED) is 0.864. The van der Waals surface area contributed by atoms with Crippen molar-refractivity contribution in [2.75, 3.05) is 19.8 Å². The normalized spacial score (nSPS) is 10.4. The fourth-order valence-corrected chi connectivity index (χ4v) is 1.58. The van der Waals surface area contributed by atoms with E-state index in [1.807, 2.05) is 44.1 Å². The van der Waals surface area contributed by atoms with Gasteiger partial charge in [0.05, 0.1) is 6.54 Å². The van der Waals surface area contributed by atoms with E-state index >= 15 is 0 Å². The van der Waals surface area contributed by atoms with Gasteiger partial charge >= 0.3 is 0 Å². The number of halogens is 1. The van der Waals surface area contributed by atoms with Crippen LogP contribution in [0.3, 0.4) is 0 Å². The molecule has 5 nitrogen and oxygen atoms in total. The fourth-order valence-electron chi connectivity index (χ4n) is 1.58. The Labute approximate surface area is 112 Å². The maximum atomic E-state index is 5.75. The summed E-state index contributed by atoms with van der Waals surface area (Å²) < 4.78 is 5.24. The first-order valence-corrected chi connectivity index (χ1v) is 5.40. The molecule has 0 fully saturated rings. The highest BCUT2D eigenvalue weighted by atomic mass is 35.5. The average Bonchev–Trinajstić information content (AvgIpc) is 2.69. The van der Waals surface area contributed by atoms with E-state index in [4.69, 9.17) is 10.3 Å². The minimum Gasteiger partial charge on any atom is -0.399 e. The molecule has 2 N–H and O–H groups in total. The molecule has 0 amide bonds. The number of aryl methyl sites for hydroxylation is 1. The highest BCUT2D eigenvalue weighted by Crippen LogP contribution is 2.23. The summed E-state index contributed by atoms with van der Waals surface area (Å²) in [6, 6.07) is 5.65. The standard InChI is InChI=1S/C12H16N4O.ClH/c1-8-4-5-9(13)6-10(8)12-14-11(15-17-12)7-16(2)3;/h4-6H,7,13H2,1-3H3;1H. The van der Waals surface area contributed by atoms with Gasteiger partial charge in [-0.15, -0.1) is 12.4 Å². The van der Waals surface area contributed by atoms with Gasteiger partial charge in [0, 0.05) is 11.3 Å². The molecule has 0 saturated heterocycles. The molecule has 0 aliphatic rings. The summed E-state index contributed by atoms with van der Waals surface area (Å²) in [5.74, 6) is 1.19. The van der Waals surface area contributed by atoms with Crippen LogP contribution in [0.4, 0.5) is 5.69 Å². The van der Waals surface area contributed by atoms with Crippen LogP contribution in [0.2, 0.25) is 0 Å². The molecule has 0 saturated carbocycles. The maximum absolute atomic E-state index is 5.75. The van der Waals surface area contributed by atoms with Crippen LogP contribution >= 0.6 is 12.4 Å². The Hall–Kier alpha value is -1.59. The molecule has 0 bridgehead atoms. The van der Waals surface area contributed by atoms with E-state index in [9.17, 15) is 0 Å². The summed E-state index contributed by atoms with van der Waals surface area (Å²) in [4.78, 5) is 6.33. The Balaban J connectivity index is 0.00000162. The molecule has 6 heteroatoms. The first kappa shape index (κ1) is 14.5. The second kappa shape index (κ2) is 5.84. The van der Waals surface area contributed by atoms with E-state index in [2.05, 4.69) is 10.1 Å². The van der Waals surface area contributed by atoms with Crippen LogP contribution in [0.25, 0.3) is 11.5 Å². The zero-order valence-electron chi connectivity index (χ0n) is 10.7. The minimum atomic E-state index is 0. The van der Waals surface area contributed by atoms with Crippen molar-refractivity contribution < 1.29 is 4.52 Å². The molecule has 1 aromatic carbocycles. The van der Waals surface area contributed by atoms with E-state index in [1.54, 1.807) is 0 Å². The Morgan fingerprint density at radius 3 is 2.72 bits per heavy atom. The van der Waals surface area contributed by atoms with E-state index in [1.165, 1.54) is 0 Å². The van der Waals surface area contributed by atoms with E-state index in [0.717, 1.165) is 11.1 Å². The Kier molecular flexibility index (Phi) is 4.69. The summed E-state index contributed by atoms with van der Waals surface area (Å²) >= 11 is 0. The van der Waals surface area contributed by atoms with Gasteiger partial charge in [-0.3, -0.25) is 0 Å². The maximum Gasteiger partial charge on any atom is 0.258 e. The molecule has 0 unspecified atom stereocenters. The van der Waals surface area contributed by atoms with Crippen LogP contribution in [-0.4, -0.2) is 29.1 Å². The number of nitrogens with zero attached hydrogens (tertiary/aromatic N) is 3. The van der Waals surface area contributed by atoms with E-state index < -0.39 is 0 Å². The number of hydrogen-bond acceptors (Lipinski definition) is 5. The molecule has 0 atom stereocenters. The lowest BCUT2D eigenvalue weighted by molar-refractivity contribution is 0.365. The highest BCUT2D eigenvalue weighted by Gasteiger charge is 2.11. The molecule has 2 aromatic rings. The van der Waals surface area contributed by atoms with Crippen molar-refractivity contribution in [3.8, 4) is 11.5 Å². The van der Waals surface area contributed by atoms with E-state index in [0.29, 0.717) is 23.9 Å². The number of rotatable bonds is 3. The molecule has 1 heterocycles. The number of hydrogen-bond donors (Lipinski definition) is 1. The van der Waals surface area contributed by atoms with Crippen molar-refractivity contribution in [1.82, 2.24) is 15.0 Å². The number of anilines is 1. The predicted molar refractivity (Wildman–Crippen MR) is 73.5 cm³/mol. The summed E-state index contributed by atoms with van der Waals surface area (Å²) in [6.45, 7) is 2.65. The predicted octanol–water partition coefficient (Wildman–Crippen LogP) is 2.11. The van der Waals surface area contributed by atoms with E-state index in [-0.39, 0.29) is 12.4 Å². The molecule has 0 spiro atoms. The Morgan fingerprint density at radius 1 is 1.33 bits per heavy atom. The third kappa shape index (κ3) is 3.21. The molecule has 18 heavy (non-hydrogen) atoms. The van der Waals surface area contributed by atoms with Crippen molar-refractivity contribution in [3.63, 3.8) is 0 Å². The lowest BCUT2D eigenvalue weighted by atomic mass is 10.1. The van der Waals surface area contributed by atoms with Crippen molar-refractivity contribution in [3.05, 3.63) is 29.6 Å². The second-order valence-corrected chi connectivity index (χ2v) is 4.33. The third-order valence-electron chi connectivity index (χ3n) is 2.42. The van der Waals surface area contributed by atoms with Crippen LogP contribution < -0.4 is 5.73 Å². The smallest absolute Gasteiger partial charge is 0.258 e. The highest BCUT2D eigenvalue weighted by molar-refractivity contribution is 5.85. The van der Waals surface area contributed by atoms with Crippen molar-refractivity contribution in [1.29, 1.82) is 0 Å². The molecule has 0 aliphatic carbocycles. The van der Waals surface area contributed by atoms with Gasteiger partial charge in [0.2, 0.25) is 0 Å². The van der Waals surface area contributed by atoms with Crippen molar-refractivity contribution in [2.24, 2.45) is 0 Å². The van der Waals surface area contributed by atoms with Gasteiger partial charge in [-0.1, -0.05) is 11.2 Å². The van der Waals surface area contributed by atoms with Crippen LogP contribution in [0, 0.1) is 6.92 Å². The molecule has 0 radical (unpaired) electrons. The first-order chi connectivity index (χ1) is 8.06. The second-order valence-electron chi connectivity index (χ2n) is 4.33. The topological polar surface area (TPSA) is 68.2 Å². The molecule has 1 aromatic heterocycles. The zero-order chi connectivity index (χ0) is 12.4. The SMILES string of the molecule is Cc1ccc(N)cc1-c1nc(CN(C)C)no1.Cl. The summed E-state index contributed by atoms with van der Waals surface area (Å²) in [5.41, 5.74) is 8.41. The molecule has 2 rings (SSSR count). The third-order valence-corrected chi connectivity index (χ3v) is 2.42. The largest absolute Gasteiger partial charge is 0.399 e. The van der Waals surface area contributed by atoms with Crippen LogP contribution in [-0.2, 0) is 6.54 Å². The summed E-state index contributed by atoms with van der Waals surface area (Å²) in [7, 11) is 3.92. The van der Waals surface area contributed by atoms with Crippen LogP contribution in [0.5, 0.6) is 0 Å². The molecule has 0 aliphatic heterocycles. The first-order valence-electron chi connectivity index (χ1n) is 5.40. The van der Waals surface area contributed by atoms with Crippen LogP contribution in [0.15, 0.2) is 22.7 Å². The van der Waals surface area contributed by atoms with Gasteiger partial charge in [0.15, 0.2) is 5.82 Å². The Morgan fingerprint density at radius 2 is 2.06 bits per heavy atom.